The molecule has 0 spiro atoms. The smallest absolute Gasteiger partial charge is 0.137 e. The number of benzene rings is 1. The van der Waals surface area contributed by atoms with Gasteiger partial charge in [0, 0.05) is 18.5 Å². The van der Waals surface area contributed by atoms with Crippen molar-refractivity contribution in [2.75, 3.05) is 5.32 Å². The van der Waals surface area contributed by atoms with Crippen molar-refractivity contribution in [1.29, 1.82) is 0 Å². The summed E-state index contributed by atoms with van der Waals surface area (Å²) in [7, 11) is 0. The van der Waals surface area contributed by atoms with Crippen LogP contribution in [0.1, 0.15) is 36.4 Å². The summed E-state index contributed by atoms with van der Waals surface area (Å²) >= 11 is 6.15. The molecule has 0 amide bonds. The molecule has 0 bridgehead atoms. The maximum absolute atomic E-state index is 6.15. The van der Waals surface area contributed by atoms with E-state index in [2.05, 4.69) is 46.5 Å². The molecule has 2 rings (SSSR count). The van der Waals surface area contributed by atoms with Crippen LogP contribution < -0.4 is 5.32 Å². The number of halogens is 1. The summed E-state index contributed by atoms with van der Waals surface area (Å²) in [5.74, 6) is 1.60. The molecule has 1 heterocycles. The van der Waals surface area contributed by atoms with Gasteiger partial charge in [-0.3, -0.25) is 0 Å². The molecule has 1 aromatic heterocycles. The van der Waals surface area contributed by atoms with E-state index >= 15 is 0 Å². The first-order chi connectivity index (χ1) is 9.65. The number of hydrogen-bond acceptors (Lipinski definition) is 3. The second-order valence-corrected chi connectivity index (χ2v) is 5.09. The van der Waals surface area contributed by atoms with Crippen molar-refractivity contribution in [3.05, 3.63) is 51.9 Å². The molecule has 0 aliphatic carbocycles. The Morgan fingerprint density at radius 1 is 1.05 bits per heavy atom. The van der Waals surface area contributed by atoms with Gasteiger partial charge in [0.2, 0.25) is 0 Å². The molecule has 106 valence electrons. The second-order valence-electron chi connectivity index (χ2n) is 4.73. The Labute approximate surface area is 125 Å². The minimum Gasteiger partial charge on any atom is -0.366 e. The van der Waals surface area contributed by atoms with Gasteiger partial charge in [0.05, 0.1) is 0 Å². The average molecular weight is 290 g/mol. The molecule has 2 aromatic rings. The van der Waals surface area contributed by atoms with Crippen LogP contribution in [0, 0.1) is 6.92 Å². The Morgan fingerprint density at radius 2 is 1.75 bits per heavy atom. The largest absolute Gasteiger partial charge is 0.366 e. The third-order valence-electron chi connectivity index (χ3n) is 3.39. The molecule has 3 nitrogen and oxygen atoms in total. The van der Waals surface area contributed by atoms with Gasteiger partial charge >= 0.3 is 0 Å². The molecule has 0 unspecified atom stereocenters. The molecule has 0 atom stereocenters. The van der Waals surface area contributed by atoms with Crippen molar-refractivity contribution in [2.24, 2.45) is 0 Å². The van der Waals surface area contributed by atoms with E-state index in [0.717, 1.165) is 36.6 Å². The van der Waals surface area contributed by atoms with Crippen LogP contribution >= 0.6 is 11.6 Å². The Hall–Kier alpha value is -1.61. The normalized spacial score (nSPS) is 10.6. The maximum Gasteiger partial charge on any atom is 0.137 e. The molecule has 1 N–H and O–H groups in total. The van der Waals surface area contributed by atoms with Gasteiger partial charge in [0.25, 0.3) is 0 Å². The third-order valence-corrected chi connectivity index (χ3v) is 3.76. The molecule has 0 saturated carbocycles. The van der Waals surface area contributed by atoms with Gasteiger partial charge in [0.15, 0.2) is 0 Å². The predicted molar refractivity (Wildman–Crippen MR) is 84.3 cm³/mol. The first-order valence-corrected chi connectivity index (χ1v) is 7.37. The standard InChI is InChI=1S/C16H20ClN3/c1-4-12-8-6-7-9-13(12)10-18-16-11(3)15(17)19-14(5-2)20-16/h6-9H,4-5,10H2,1-3H3,(H,18,19,20). The zero-order valence-electron chi connectivity index (χ0n) is 12.2. The highest BCUT2D eigenvalue weighted by atomic mass is 35.5. The minimum atomic E-state index is 0.531. The molecule has 0 radical (unpaired) electrons. The maximum atomic E-state index is 6.15. The number of hydrogen-bond donors (Lipinski definition) is 1. The van der Waals surface area contributed by atoms with Gasteiger partial charge < -0.3 is 5.32 Å². The fraction of sp³-hybridized carbons (Fsp3) is 0.375. The number of anilines is 1. The molecular weight excluding hydrogens is 270 g/mol. The topological polar surface area (TPSA) is 37.8 Å². The Morgan fingerprint density at radius 3 is 2.40 bits per heavy atom. The fourth-order valence-electron chi connectivity index (χ4n) is 2.12. The molecular formula is C16H20ClN3. The van der Waals surface area contributed by atoms with Crippen molar-refractivity contribution in [3.8, 4) is 0 Å². The lowest BCUT2D eigenvalue weighted by Crippen LogP contribution is -2.08. The monoisotopic (exact) mass is 289 g/mol. The van der Waals surface area contributed by atoms with Crippen molar-refractivity contribution in [2.45, 2.75) is 40.2 Å². The first kappa shape index (κ1) is 14.8. The zero-order valence-corrected chi connectivity index (χ0v) is 13.0. The van der Waals surface area contributed by atoms with Gasteiger partial charge in [-0.1, -0.05) is 49.7 Å². The highest BCUT2D eigenvalue weighted by Crippen LogP contribution is 2.21. The lowest BCUT2D eigenvalue weighted by Gasteiger charge is -2.13. The minimum absolute atomic E-state index is 0.531. The van der Waals surface area contributed by atoms with Crippen LogP contribution in [0.5, 0.6) is 0 Å². The molecule has 4 heteroatoms. The lowest BCUT2D eigenvalue weighted by molar-refractivity contribution is 0.920. The number of aromatic nitrogens is 2. The summed E-state index contributed by atoms with van der Waals surface area (Å²) in [4.78, 5) is 8.77. The van der Waals surface area contributed by atoms with E-state index < -0.39 is 0 Å². The fourth-order valence-corrected chi connectivity index (χ4v) is 2.30. The molecule has 0 aliphatic rings. The first-order valence-electron chi connectivity index (χ1n) is 6.99. The summed E-state index contributed by atoms with van der Waals surface area (Å²) in [5, 5.41) is 3.91. The van der Waals surface area contributed by atoms with Gasteiger partial charge in [-0.05, 0) is 24.5 Å². The predicted octanol–water partition coefficient (Wildman–Crippen LogP) is 4.18. The summed E-state index contributed by atoms with van der Waals surface area (Å²) in [6.07, 6.45) is 1.81. The number of aryl methyl sites for hydroxylation is 2. The SMILES string of the molecule is CCc1nc(Cl)c(C)c(NCc2ccccc2CC)n1. The van der Waals surface area contributed by atoms with Crippen LogP contribution in [0.15, 0.2) is 24.3 Å². The Kier molecular flexibility index (Phi) is 4.96. The zero-order chi connectivity index (χ0) is 14.5. The average Bonchev–Trinajstić information content (AvgIpc) is 2.48. The summed E-state index contributed by atoms with van der Waals surface area (Å²) in [6, 6.07) is 8.44. The van der Waals surface area contributed by atoms with Crippen LogP contribution in [0.2, 0.25) is 5.15 Å². The van der Waals surface area contributed by atoms with E-state index in [9.17, 15) is 0 Å². The Balaban J connectivity index is 2.20. The van der Waals surface area contributed by atoms with Gasteiger partial charge in [-0.25, -0.2) is 9.97 Å². The van der Waals surface area contributed by atoms with Crippen LogP contribution in [0.25, 0.3) is 0 Å². The van der Waals surface area contributed by atoms with E-state index in [1.807, 2.05) is 13.8 Å². The molecule has 0 aliphatic heterocycles. The quantitative estimate of drug-likeness (QED) is 0.839. The van der Waals surface area contributed by atoms with Gasteiger partial charge in [0.1, 0.15) is 16.8 Å². The molecule has 0 fully saturated rings. The highest BCUT2D eigenvalue weighted by Gasteiger charge is 2.09. The van der Waals surface area contributed by atoms with Crippen molar-refractivity contribution < 1.29 is 0 Å². The molecule has 1 aromatic carbocycles. The molecule has 20 heavy (non-hydrogen) atoms. The third kappa shape index (κ3) is 3.28. The number of rotatable bonds is 5. The van der Waals surface area contributed by atoms with E-state index in [1.54, 1.807) is 0 Å². The summed E-state index contributed by atoms with van der Waals surface area (Å²) in [6.45, 7) is 6.88. The van der Waals surface area contributed by atoms with Gasteiger partial charge in [-0.2, -0.15) is 0 Å². The number of nitrogens with zero attached hydrogens (tertiary/aromatic N) is 2. The molecule has 0 saturated heterocycles. The van der Waals surface area contributed by atoms with Crippen LogP contribution in [-0.2, 0) is 19.4 Å². The highest BCUT2D eigenvalue weighted by molar-refractivity contribution is 6.30. The second kappa shape index (κ2) is 6.71. The van der Waals surface area contributed by atoms with Crippen LogP contribution in [0.4, 0.5) is 5.82 Å². The Bertz CT molecular complexity index is 596. The van der Waals surface area contributed by atoms with E-state index in [-0.39, 0.29) is 0 Å². The van der Waals surface area contributed by atoms with Crippen LogP contribution in [-0.4, -0.2) is 9.97 Å². The summed E-state index contributed by atoms with van der Waals surface area (Å²) in [5.41, 5.74) is 3.55. The van der Waals surface area contributed by atoms with E-state index in [1.165, 1.54) is 11.1 Å². The van der Waals surface area contributed by atoms with Crippen molar-refractivity contribution in [3.63, 3.8) is 0 Å². The van der Waals surface area contributed by atoms with Crippen LogP contribution in [0.3, 0.4) is 0 Å². The van der Waals surface area contributed by atoms with E-state index in [4.69, 9.17) is 11.6 Å². The van der Waals surface area contributed by atoms with Crippen molar-refractivity contribution in [1.82, 2.24) is 9.97 Å². The number of nitrogens with one attached hydrogen (secondary N) is 1. The van der Waals surface area contributed by atoms with Crippen molar-refractivity contribution >= 4 is 17.4 Å². The lowest BCUT2D eigenvalue weighted by atomic mass is 10.1. The van der Waals surface area contributed by atoms with Gasteiger partial charge in [-0.15, -0.1) is 0 Å². The summed E-state index contributed by atoms with van der Waals surface area (Å²) < 4.78 is 0. The van der Waals surface area contributed by atoms with E-state index in [0.29, 0.717) is 5.15 Å².